The molecule has 0 saturated heterocycles. The number of carbonyl (C=O) groups excluding carboxylic acids is 1. The summed E-state index contributed by atoms with van der Waals surface area (Å²) in [6, 6.07) is 0. The van der Waals surface area contributed by atoms with E-state index in [0.717, 1.165) is 0 Å². The van der Waals surface area contributed by atoms with E-state index in [1.165, 1.54) is 0 Å². The summed E-state index contributed by atoms with van der Waals surface area (Å²) in [5, 5.41) is 18.5. The molecular formula is C9H17N5O2. The maximum atomic E-state index is 11.5. The van der Waals surface area contributed by atoms with Crippen LogP contribution in [0.2, 0.25) is 0 Å². The molecule has 0 aliphatic carbocycles. The third-order valence-electron chi connectivity index (χ3n) is 2.61. The highest BCUT2D eigenvalue weighted by Gasteiger charge is 2.23. The van der Waals surface area contributed by atoms with Crippen molar-refractivity contribution >= 4 is 11.9 Å². The van der Waals surface area contributed by atoms with Crippen molar-refractivity contribution in [3.63, 3.8) is 0 Å². The Hall–Kier alpha value is -1.63. The number of anilines is 1. The van der Waals surface area contributed by atoms with Crippen molar-refractivity contribution in [3.8, 4) is 0 Å². The smallest absolute Gasteiger partial charge is 0.288 e. The highest BCUT2D eigenvalue weighted by molar-refractivity contribution is 5.90. The molecule has 0 unspecified atom stereocenters. The van der Waals surface area contributed by atoms with Crippen molar-refractivity contribution in [1.82, 2.24) is 20.5 Å². The molecule has 1 rings (SSSR count). The van der Waals surface area contributed by atoms with E-state index < -0.39 is 11.5 Å². The van der Waals surface area contributed by atoms with E-state index in [9.17, 15) is 9.90 Å². The zero-order valence-electron chi connectivity index (χ0n) is 9.45. The fourth-order valence-corrected chi connectivity index (χ4v) is 1.20. The molecule has 16 heavy (non-hydrogen) atoms. The third kappa shape index (κ3) is 2.93. The minimum absolute atomic E-state index is 0.0198. The van der Waals surface area contributed by atoms with E-state index in [2.05, 4.69) is 20.5 Å². The first-order chi connectivity index (χ1) is 7.50. The molecule has 0 fully saturated rings. The van der Waals surface area contributed by atoms with Gasteiger partial charge in [-0.2, -0.15) is 4.98 Å². The van der Waals surface area contributed by atoms with Gasteiger partial charge in [0.25, 0.3) is 5.91 Å². The van der Waals surface area contributed by atoms with Gasteiger partial charge in [0.2, 0.25) is 11.8 Å². The van der Waals surface area contributed by atoms with Gasteiger partial charge in [0.1, 0.15) is 0 Å². The average molecular weight is 227 g/mol. The molecule has 1 aromatic rings. The molecule has 0 aromatic carbocycles. The molecule has 90 valence electrons. The Kier molecular flexibility index (Phi) is 3.83. The number of H-pyrrole nitrogens is 1. The van der Waals surface area contributed by atoms with Crippen molar-refractivity contribution in [2.75, 3.05) is 12.3 Å². The van der Waals surface area contributed by atoms with Gasteiger partial charge in [0, 0.05) is 6.54 Å². The number of nitrogens with zero attached hydrogens (tertiary/aromatic N) is 2. The summed E-state index contributed by atoms with van der Waals surface area (Å²) in [6.07, 6.45) is 1.14. The zero-order chi connectivity index (χ0) is 12.2. The van der Waals surface area contributed by atoms with Gasteiger partial charge < -0.3 is 16.2 Å². The van der Waals surface area contributed by atoms with E-state index in [1.54, 1.807) is 0 Å². The number of aromatic amines is 1. The summed E-state index contributed by atoms with van der Waals surface area (Å²) in [4.78, 5) is 15.2. The summed E-state index contributed by atoms with van der Waals surface area (Å²) in [5.74, 6) is -0.358. The summed E-state index contributed by atoms with van der Waals surface area (Å²) in [6.45, 7) is 3.91. The number of carbonyl (C=O) groups is 1. The highest BCUT2D eigenvalue weighted by atomic mass is 16.3. The summed E-state index contributed by atoms with van der Waals surface area (Å²) >= 11 is 0. The minimum Gasteiger partial charge on any atom is -0.388 e. The predicted molar refractivity (Wildman–Crippen MR) is 58.7 cm³/mol. The molecule has 0 saturated carbocycles. The monoisotopic (exact) mass is 227 g/mol. The molecule has 0 atom stereocenters. The Morgan fingerprint density at radius 1 is 1.56 bits per heavy atom. The van der Waals surface area contributed by atoms with Gasteiger partial charge in [-0.3, -0.25) is 9.89 Å². The number of aromatic nitrogens is 3. The first-order valence-electron chi connectivity index (χ1n) is 5.19. The summed E-state index contributed by atoms with van der Waals surface area (Å²) in [7, 11) is 0. The quantitative estimate of drug-likeness (QED) is 0.549. The van der Waals surface area contributed by atoms with Crippen LogP contribution in [0.4, 0.5) is 5.95 Å². The Morgan fingerprint density at radius 2 is 2.19 bits per heavy atom. The number of hydrogen-bond acceptors (Lipinski definition) is 5. The largest absolute Gasteiger partial charge is 0.388 e. The van der Waals surface area contributed by atoms with E-state index in [4.69, 9.17) is 5.73 Å². The van der Waals surface area contributed by atoms with Crippen LogP contribution in [-0.2, 0) is 0 Å². The lowest BCUT2D eigenvalue weighted by atomic mass is 9.98. The Balaban J connectivity index is 2.53. The van der Waals surface area contributed by atoms with Gasteiger partial charge in [0.05, 0.1) is 5.60 Å². The summed E-state index contributed by atoms with van der Waals surface area (Å²) in [5.41, 5.74) is 4.39. The second-order valence-corrected chi connectivity index (χ2v) is 3.66. The molecule has 1 heterocycles. The van der Waals surface area contributed by atoms with Crippen LogP contribution in [0.5, 0.6) is 0 Å². The van der Waals surface area contributed by atoms with Crippen molar-refractivity contribution in [2.24, 2.45) is 0 Å². The molecule has 5 N–H and O–H groups in total. The Bertz CT molecular complexity index is 359. The first-order valence-corrected chi connectivity index (χ1v) is 5.19. The molecule has 1 aromatic heterocycles. The second-order valence-electron chi connectivity index (χ2n) is 3.66. The van der Waals surface area contributed by atoms with Gasteiger partial charge >= 0.3 is 0 Å². The maximum absolute atomic E-state index is 11.5. The van der Waals surface area contributed by atoms with Gasteiger partial charge in [-0.05, 0) is 12.8 Å². The van der Waals surface area contributed by atoms with Crippen molar-refractivity contribution in [3.05, 3.63) is 5.82 Å². The summed E-state index contributed by atoms with van der Waals surface area (Å²) < 4.78 is 0. The number of rotatable bonds is 5. The van der Waals surface area contributed by atoms with Crippen LogP contribution < -0.4 is 11.1 Å². The second kappa shape index (κ2) is 4.93. The molecule has 0 radical (unpaired) electrons. The van der Waals surface area contributed by atoms with Crippen LogP contribution in [0.15, 0.2) is 0 Å². The molecule has 7 nitrogen and oxygen atoms in total. The zero-order valence-corrected chi connectivity index (χ0v) is 9.45. The SMILES string of the molecule is CCC(O)(CC)CNC(=O)c1nc(N)n[nH]1. The normalized spacial score (nSPS) is 11.4. The fraction of sp³-hybridized carbons (Fsp3) is 0.667. The number of aliphatic hydroxyl groups is 1. The van der Waals surface area contributed by atoms with Crippen LogP contribution in [0.3, 0.4) is 0 Å². The molecular weight excluding hydrogens is 210 g/mol. The number of hydrogen-bond donors (Lipinski definition) is 4. The lowest BCUT2D eigenvalue weighted by molar-refractivity contribution is 0.0312. The van der Waals surface area contributed by atoms with Gasteiger partial charge in [0.15, 0.2) is 0 Å². The highest BCUT2D eigenvalue weighted by Crippen LogP contribution is 2.12. The first kappa shape index (κ1) is 12.4. The van der Waals surface area contributed by atoms with Gasteiger partial charge in [-0.15, -0.1) is 5.10 Å². The molecule has 1 amide bonds. The topological polar surface area (TPSA) is 117 Å². The number of nitrogens with one attached hydrogen (secondary N) is 2. The van der Waals surface area contributed by atoms with Crippen molar-refractivity contribution < 1.29 is 9.90 Å². The van der Waals surface area contributed by atoms with Crippen molar-refractivity contribution in [1.29, 1.82) is 0 Å². The number of nitrogens with two attached hydrogens (primary N) is 1. The predicted octanol–water partition coefficient (Wildman–Crippen LogP) is -0.332. The van der Waals surface area contributed by atoms with E-state index in [-0.39, 0.29) is 18.3 Å². The van der Waals surface area contributed by atoms with Crippen molar-refractivity contribution in [2.45, 2.75) is 32.3 Å². The van der Waals surface area contributed by atoms with E-state index >= 15 is 0 Å². The maximum Gasteiger partial charge on any atom is 0.288 e. The van der Waals surface area contributed by atoms with E-state index in [0.29, 0.717) is 12.8 Å². The van der Waals surface area contributed by atoms with Crippen LogP contribution in [0.25, 0.3) is 0 Å². The average Bonchev–Trinajstić information content (AvgIpc) is 2.72. The number of amides is 1. The van der Waals surface area contributed by atoms with Crippen LogP contribution in [-0.4, -0.2) is 38.3 Å². The van der Waals surface area contributed by atoms with Crippen LogP contribution >= 0.6 is 0 Å². The van der Waals surface area contributed by atoms with E-state index in [1.807, 2.05) is 13.8 Å². The number of nitrogen functional groups attached to an aromatic ring is 1. The van der Waals surface area contributed by atoms with Crippen LogP contribution in [0.1, 0.15) is 37.3 Å². The molecule has 0 aliphatic heterocycles. The fourth-order valence-electron chi connectivity index (χ4n) is 1.20. The molecule has 7 heteroatoms. The standard InChI is InChI=1S/C9H17N5O2/c1-3-9(16,4-2)5-11-7(15)6-12-8(10)14-13-6/h16H,3-5H2,1-2H3,(H,11,15)(H3,10,12,13,14). The Labute approximate surface area is 93.4 Å². The lowest BCUT2D eigenvalue weighted by Crippen LogP contribution is -2.42. The third-order valence-corrected chi connectivity index (χ3v) is 2.61. The Morgan fingerprint density at radius 3 is 2.62 bits per heavy atom. The molecule has 0 aliphatic rings. The minimum atomic E-state index is -0.874. The van der Waals surface area contributed by atoms with Gasteiger partial charge in [-0.25, -0.2) is 0 Å². The van der Waals surface area contributed by atoms with Crippen LogP contribution in [0, 0.1) is 0 Å². The molecule has 0 spiro atoms. The molecule has 0 bridgehead atoms. The lowest BCUT2D eigenvalue weighted by Gasteiger charge is -2.24. The van der Waals surface area contributed by atoms with Gasteiger partial charge in [-0.1, -0.05) is 13.8 Å².